The first-order valence-corrected chi connectivity index (χ1v) is 0.533. The number of hydrazine groups is 1. The first-order valence-electron chi connectivity index (χ1n) is 0.533. The second-order valence-electron chi connectivity index (χ2n) is 0. The fraction of sp³-hybridized carbons (Fsp3) is 0. The zero-order chi connectivity index (χ0) is 4.00. The Kier molecular flexibility index (Phi) is 3190. The van der Waals surface area contributed by atoms with Gasteiger partial charge in [-0.25, -0.2) is 0 Å². The van der Waals surface area contributed by atoms with Gasteiger partial charge >= 0.3 is 0 Å². The Morgan fingerprint density at radius 3 is 1.00 bits per heavy atom. The standard InChI is InChI=1S/H4N2.H2O2.H2O/c2*1-2;/h1-2H2;1-2H;1H2. The highest BCUT2D eigenvalue weighted by molar-refractivity contribution is 3.26. The van der Waals surface area contributed by atoms with Crippen molar-refractivity contribution >= 4 is 0 Å². The second-order valence-corrected chi connectivity index (χ2v) is 0. The Morgan fingerprint density at radius 2 is 1.00 bits per heavy atom. The summed E-state index contributed by atoms with van der Waals surface area (Å²) in [4.78, 5) is 0. The molecule has 0 saturated heterocycles. The normalized spacial score (nSPS) is 2.40. The van der Waals surface area contributed by atoms with Gasteiger partial charge in [0.15, 0.2) is 0 Å². The van der Waals surface area contributed by atoms with Gasteiger partial charge in [0.25, 0.3) is 0 Å². The van der Waals surface area contributed by atoms with Crippen molar-refractivity contribution in [3.8, 4) is 0 Å². The summed E-state index contributed by atoms with van der Waals surface area (Å²) in [6.07, 6.45) is 0. The van der Waals surface area contributed by atoms with E-state index in [0.29, 0.717) is 0 Å². The van der Waals surface area contributed by atoms with Crippen molar-refractivity contribution in [2.75, 3.05) is 0 Å². The van der Waals surface area contributed by atoms with E-state index in [0.717, 1.165) is 0 Å². The van der Waals surface area contributed by atoms with Gasteiger partial charge in [-0.1, -0.05) is 0 Å². The van der Waals surface area contributed by atoms with Gasteiger partial charge in [0.05, 0.1) is 0 Å². The summed E-state index contributed by atoms with van der Waals surface area (Å²) < 4.78 is 0. The Hall–Kier alpha value is -0.200. The van der Waals surface area contributed by atoms with E-state index >= 15 is 0 Å². The van der Waals surface area contributed by atoms with Crippen molar-refractivity contribution in [1.82, 2.24) is 0 Å². The molecule has 0 saturated carbocycles. The van der Waals surface area contributed by atoms with Crippen LogP contribution in [0.2, 0.25) is 0 Å². The van der Waals surface area contributed by atoms with E-state index in [1.807, 2.05) is 0 Å². The summed E-state index contributed by atoms with van der Waals surface area (Å²) in [6, 6.07) is 0. The second kappa shape index (κ2) is 745. The number of nitrogens with two attached hydrogens (primary N) is 2. The van der Waals surface area contributed by atoms with Crippen LogP contribution in [0.25, 0.3) is 0 Å². The molecule has 0 aromatic carbocycles. The molecule has 0 bridgehead atoms. The molecule has 5 heteroatoms. The van der Waals surface area contributed by atoms with Gasteiger partial charge in [-0.15, -0.1) is 0 Å². The molecule has 0 fully saturated rings. The van der Waals surface area contributed by atoms with Gasteiger partial charge in [-0.2, -0.15) is 0 Å². The van der Waals surface area contributed by atoms with Crippen LogP contribution < -0.4 is 11.7 Å². The van der Waals surface area contributed by atoms with Crippen molar-refractivity contribution in [2.24, 2.45) is 11.7 Å². The fourth-order valence-electron chi connectivity index (χ4n) is 0. The highest BCUT2D eigenvalue weighted by atomic mass is 17.0. The van der Waals surface area contributed by atoms with E-state index in [-0.39, 0.29) is 5.48 Å². The monoisotopic (exact) mass is 84.1 g/mol. The lowest BCUT2D eigenvalue weighted by Crippen LogP contribution is -2.02. The third kappa shape index (κ3) is 308. The molecule has 5 heavy (non-hydrogen) atoms. The summed E-state index contributed by atoms with van der Waals surface area (Å²) in [5.41, 5.74) is 0. The molecule has 0 atom stereocenters. The van der Waals surface area contributed by atoms with Crippen LogP contribution >= 0.6 is 0 Å². The smallest absolute Gasteiger partial charge is 0.255 e. The van der Waals surface area contributed by atoms with E-state index in [2.05, 4.69) is 11.7 Å². The minimum absolute atomic E-state index is 0. The quantitative estimate of drug-likeness (QED) is 0.154. The summed E-state index contributed by atoms with van der Waals surface area (Å²) in [5.74, 6) is 8.00. The molecule has 0 aromatic rings. The van der Waals surface area contributed by atoms with Crippen LogP contribution in [0.15, 0.2) is 0 Å². The molecular weight excluding hydrogens is 76.0 g/mol. The first kappa shape index (κ1) is 21.4. The highest BCUT2D eigenvalue weighted by Gasteiger charge is 0.746. The third-order valence-electron chi connectivity index (χ3n) is 0. The molecule has 0 aliphatic rings. The van der Waals surface area contributed by atoms with E-state index in [1.54, 1.807) is 0 Å². The van der Waals surface area contributed by atoms with E-state index in [9.17, 15) is 0 Å². The maximum atomic E-state index is 6.00. The molecule has 0 aliphatic heterocycles. The molecule has 0 heterocycles. The minimum Gasteiger partial charge on any atom is -0.412 e. The third-order valence-corrected chi connectivity index (χ3v) is 0. The summed E-state index contributed by atoms with van der Waals surface area (Å²) in [6.45, 7) is 0. The molecule has 0 radical (unpaired) electrons. The maximum absolute atomic E-state index is 6.00. The molecule has 8 N–H and O–H groups in total. The summed E-state index contributed by atoms with van der Waals surface area (Å²) in [5, 5.41) is 12.0. The van der Waals surface area contributed by atoms with E-state index in [1.165, 1.54) is 0 Å². The number of hydrogen-bond acceptors (Lipinski definition) is 4. The summed E-state index contributed by atoms with van der Waals surface area (Å²) >= 11 is 0. The van der Waals surface area contributed by atoms with Crippen LogP contribution in [0.4, 0.5) is 0 Å². The maximum Gasteiger partial charge on any atom is -0.255 e. The minimum atomic E-state index is 0. The first-order chi connectivity index (χ1) is 2.00. The largest absolute Gasteiger partial charge is 0.412 e. The van der Waals surface area contributed by atoms with Crippen molar-refractivity contribution in [2.45, 2.75) is 0 Å². The molecular formula is H8N2O3. The average Bonchev–Trinajstić information content (AvgIpc) is 1.50. The van der Waals surface area contributed by atoms with Gasteiger partial charge in [0.1, 0.15) is 0 Å². The molecule has 5 nitrogen and oxygen atoms in total. The molecule has 0 amide bonds. The SMILES string of the molecule is NN.O.OO. The molecule has 0 aromatic heterocycles. The predicted molar refractivity (Wildman–Crippen MR) is 17.2 cm³/mol. The highest BCUT2D eigenvalue weighted by Crippen LogP contribution is 0.711. The lowest BCUT2D eigenvalue weighted by atomic mass is 13.0. The Morgan fingerprint density at radius 1 is 1.00 bits per heavy atom. The zero-order valence-electron chi connectivity index (χ0n) is 2.55. The lowest BCUT2D eigenvalue weighted by Gasteiger charge is -1.27. The Labute approximate surface area is 29.0 Å². The predicted octanol–water partition coefficient (Wildman–Crippen LogP) is -1.99. The summed E-state index contributed by atoms with van der Waals surface area (Å²) in [7, 11) is 0. The van der Waals surface area contributed by atoms with Crippen LogP contribution in [0, 0.1) is 0 Å². The zero-order valence-corrected chi connectivity index (χ0v) is 2.55. The molecule has 0 spiro atoms. The topological polar surface area (TPSA) is 124 Å². The number of hydrogen-bond donors (Lipinski definition) is 4. The van der Waals surface area contributed by atoms with Gasteiger partial charge in [0.2, 0.25) is 0 Å². The van der Waals surface area contributed by atoms with E-state index < -0.39 is 0 Å². The van der Waals surface area contributed by atoms with Crippen molar-refractivity contribution < 1.29 is 16.0 Å². The fourth-order valence-corrected chi connectivity index (χ4v) is 0. The lowest BCUT2D eigenvalue weighted by molar-refractivity contribution is -0.176. The van der Waals surface area contributed by atoms with Crippen molar-refractivity contribution in [3.63, 3.8) is 0 Å². The van der Waals surface area contributed by atoms with Crippen LogP contribution in [-0.4, -0.2) is 16.0 Å². The molecule has 0 aliphatic carbocycles. The van der Waals surface area contributed by atoms with Gasteiger partial charge in [-0.05, 0) is 0 Å². The Balaban J connectivity index is -0.0000000133. The van der Waals surface area contributed by atoms with Crippen molar-refractivity contribution in [1.29, 1.82) is 0 Å². The molecule has 0 unspecified atom stereocenters. The van der Waals surface area contributed by atoms with Crippen LogP contribution in [0.5, 0.6) is 0 Å². The molecule has 36 valence electrons. The van der Waals surface area contributed by atoms with Crippen LogP contribution in [0.1, 0.15) is 0 Å². The van der Waals surface area contributed by atoms with Crippen molar-refractivity contribution in [3.05, 3.63) is 0 Å². The van der Waals surface area contributed by atoms with Gasteiger partial charge in [-0.3, -0.25) is 22.2 Å². The van der Waals surface area contributed by atoms with Gasteiger partial charge in [0, 0.05) is 0 Å². The average molecular weight is 84.1 g/mol. The van der Waals surface area contributed by atoms with Crippen LogP contribution in [-0.2, 0) is 0 Å². The Bertz CT molecular complexity index is 4.85. The van der Waals surface area contributed by atoms with Gasteiger partial charge < -0.3 is 5.48 Å². The molecule has 0 rings (SSSR count). The number of rotatable bonds is 0. The van der Waals surface area contributed by atoms with E-state index in [4.69, 9.17) is 10.5 Å². The van der Waals surface area contributed by atoms with Crippen LogP contribution in [0.3, 0.4) is 0 Å².